The number of nitro groups is 1. The lowest BCUT2D eigenvalue weighted by atomic mass is 10.2. The van der Waals surface area contributed by atoms with Gasteiger partial charge in [-0.25, -0.2) is 4.39 Å². The van der Waals surface area contributed by atoms with E-state index in [0.717, 1.165) is 16.5 Å². The number of nitrogens with zero attached hydrogens (tertiary/aromatic N) is 3. The summed E-state index contributed by atoms with van der Waals surface area (Å²) in [4.78, 5) is 10.3. The number of hydrogen-bond donors (Lipinski definition) is 1. The van der Waals surface area contributed by atoms with E-state index in [4.69, 9.17) is 0 Å². The number of non-ortho nitro benzene ring substituents is 1. The van der Waals surface area contributed by atoms with Crippen molar-refractivity contribution in [2.45, 2.75) is 6.54 Å². The maximum Gasteiger partial charge on any atom is 0.269 e. The number of hydrogen-bond acceptors (Lipinski definition) is 4. The summed E-state index contributed by atoms with van der Waals surface area (Å²) in [5.74, 6) is -0.236. The molecule has 4 aromatic rings. The van der Waals surface area contributed by atoms with Gasteiger partial charge in [-0.1, -0.05) is 36.4 Å². The largest absolute Gasteiger partial charge is 0.342 e. The Labute approximate surface area is 166 Å². The molecular weight excluding hydrogens is 371 g/mol. The number of halogens is 1. The molecule has 0 amide bonds. The highest BCUT2D eigenvalue weighted by molar-refractivity contribution is 5.99. The Morgan fingerprint density at radius 2 is 1.76 bits per heavy atom. The summed E-state index contributed by atoms with van der Waals surface area (Å²) < 4.78 is 16.0. The van der Waals surface area contributed by atoms with Crippen molar-refractivity contribution in [3.63, 3.8) is 0 Å². The van der Waals surface area contributed by atoms with Crippen molar-refractivity contribution in [2.24, 2.45) is 5.10 Å². The molecule has 1 heterocycles. The lowest BCUT2D eigenvalue weighted by molar-refractivity contribution is -0.384. The highest BCUT2D eigenvalue weighted by Crippen LogP contribution is 2.22. The van der Waals surface area contributed by atoms with Crippen molar-refractivity contribution in [2.75, 3.05) is 5.43 Å². The molecule has 7 heteroatoms. The van der Waals surface area contributed by atoms with Crippen LogP contribution in [0.15, 0.2) is 84.1 Å². The first-order valence-corrected chi connectivity index (χ1v) is 8.96. The van der Waals surface area contributed by atoms with E-state index in [1.54, 1.807) is 30.5 Å². The van der Waals surface area contributed by atoms with Gasteiger partial charge in [0, 0.05) is 40.4 Å². The van der Waals surface area contributed by atoms with Gasteiger partial charge in [0.2, 0.25) is 0 Å². The number of aromatic nitrogens is 1. The van der Waals surface area contributed by atoms with Gasteiger partial charge in [-0.05, 0) is 24.3 Å². The quantitative estimate of drug-likeness (QED) is 0.281. The van der Waals surface area contributed by atoms with Gasteiger partial charge in [0.05, 0.1) is 23.4 Å². The summed E-state index contributed by atoms with van der Waals surface area (Å²) in [6.45, 7) is 0.413. The van der Waals surface area contributed by atoms with Crippen LogP contribution in [0.25, 0.3) is 10.9 Å². The van der Waals surface area contributed by atoms with Crippen LogP contribution >= 0.6 is 0 Å². The van der Waals surface area contributed by atoms with Gasteiger partial charge < -0.3 is 4.57 Å². The number of fused-ring (bicyclic) bond motifs is 1. The maximum atomic E-state index is 14.1. The van der Waals surface area contributed by atoms with Gasteiger partial charge in [0.1, 0.15) is 5.82 Å². The van der Waals surface area contributed by atoms with Crippen molar-refractivity contribution < 1.29 is 9.31 Å². The number of nitrogens with one attached hydrogen (secondary N) is 1. The molecule has 0 aliphatic rings. The minimum Gasteiger partial charge on any atom is -0.342 e. The molecule has 1 N–H and O–H groups in total. The van der Waals surface area contributed by atoms with Gasteiger partial charge >= 0.3 is 0 Å². The van der Waals surface area contributed by atoms with E-state index in [9.17, 15) is 14.5 Å². The van der Waals surface area contributed by atoms with Crippen LogP contribution in [0.3, 0.4) is 0 Å². The molecule has 1 aromatic heterocycles. The topological polar surface area (TPSA) is 72.5 Å². The summed E-state index contributed by atoms with van der Waals surface area (Å²) in [5.41, 5.74) is 6.01. The second-order valence-electron chi connectivity index (χ2n) is 6.49. The molecule has 0 unspecified atom stereocenters. The number of hydrazone groups is 1. The second kappa shape index (κ2) is 7.93. The smallest absolute Gasteiger partial charge is 0.269 e. The van der Waals surface area contributed by atoms with Crippen molar-refractivity contribution >= 4 is 28.5 Å². The molecule has 144 valence electrons. The second-order valence-corrected chi connectivity index (χ2v) is 6.49. The molecule has 29 heavy (non-hydrogen) atoms. The van der Waals surface area contributed by atoms with Crippen molar-refractivity contribution in [3.8, 4) is 0 Å². The molecule has 4 rings (SSSR count). The fraction of sp³-hybridized carbons (Fsp3) is 0.0455. The predicted molar refractivity (Wildman–Crippen MR) is 112 cm³/mol. The van der Waals surface area contributed by atoms with Gasteiger partial charge in [0.25, 0.3) is 5.69 Å². The van der Waals surface area contributed by atoms with Crippen LogP contribution in [0.5, 0.6) is 0 Å². The third kappa shape index (κ3) is 3.98. The predicted octanol–water partition coefficient (Wildman–Crippen LogP) is 5.18. The van der Waals surface area contributed by atoms with Gasteiger partial charge in [-0.15, -0.1) is 0 Å². The molecule has 0 aliphatic carbocycles. The summed E-state index contributed by atoms with van der Waals surface area (Å²) in [6, 6.07) is 20.6. The van der Waals surface area contributed by atoms with Crippen LogP contribution in [0, 0.1) is 15.9 Å². The SMILES string of the molecule is O=[N+]([O-])c1ccc(N/N=C\c2cn(Cc3ccccc3F)c3ccccc23)cc1. The highest BCUT2D eigenvalue weighted by Gasteiger charge is 2.09. The monoisotopic (exact) mass is 388 g/mol. The molecule has 0 atom stereocenters. The molecule has 6 nitrogen and oxygen atoms in total. The minimum absolute atomic E-state index is 0.0238. The zero-order valence-corrected chi connectivity index (χ0v) is 15.3. The zero-order valence-electron chi connectivity index (χ0n) is 15.3. The van der Waals surface area contributed by atoms with Crippen LogP contribution in [0.2, 0.25) is 0 Å². The molecule has 0 saturated heterocycles. The summed E-state index contributed by atoms with van der Waals surface area (Å²) in [7, 11) is 0. The van der Waals surface area contributed by atoms with Crippen molar-refractivity contribution in [1.82, 2.24) is 4.57 Å². The van der Waals surface area contributed by atoms with Gasteiger partial charge in [0.15, 0.2) is 0 Å². The maximum absolute atomic E-state index is 14.1. The Morgan fingerprint density at radius 1 is 1.03 bits per heavy atom. The van der Waals surface area contributed by atoms with Crippen LogP contribution in [0.4, 0.5) is 15.8 Å². The summed E-state index contributed by atoms with van der Waals surface area (Å²) >= 11 is 0. The van der Waals surface area contributed by atoms with E-state index in [-0.39, 0.29) is 11.5 Å². The fourth-order valence-electron chi connectivity index (χ4n) is 3.15. The Morgan fingerprint density at radius 3 is 2.52 bits per heavy atom. The van der Waals surface area contributed by atoms with Crippen LogP contribution in [-0.4, -0.2) is 15.7 Å². The molecule has 0 radical (unpaired) electrons. The summed E-state index contributed by atoms with van der Waals surface area (Å²) in [6.07, 6.45) is 3.61. The number of rotatable bonds is 6. The van der Waals surface area contributed by atoms with Crippen LogP contribution in [-0.2, 0) is 6.54 Å². The fourth-order valence-corrected chi connectivity index (χ4v) is 3.15. The number of benzene rings is 3. The average molecular weight is 388 g/mol. The molecule has 0 fully saturated rings. The van der Waals surface area contributed by atoms with E-state index in [2.05, 4.69) is 10.5 Å². The molecule has 0 saturated carbocycles. The number of anilines is 1. The van der Waals surface area contributed by atoms with Gasteiger partial charge in [-0.2, -0.15) is 5.10 Å². The van der Waals surface area contributed by atoms with E-state index in [0.29, 0.717) is 17.8 Å². The van der Waals surface area contributed by atoms with E-state index >= 15 is 0 Å². The van der Waals surface area contributed by atoms with Gasteiger partial charge in [-0.3, -0.25) is 15.5 Å². The van der Waals surface area contributed by atoms with E-state index in [1.165, 1.54) is 18.2 Å². The first-order chi connectivity index (χ1) is 14.1. The lowest BCUT2D eigenvalue weighted by Crippen LogP contribution is -2.00. The Bertz CT molecular complexity index is 1200. The van der Waals surface area contributed by atoms with Crippen LogP contribution < -0.4 is 5.43 Å². The zero-order chi connectivity index (χ0) is 20.2. The first-order valence-electron chi connectivity index (χ1n) is 8.96. The minimum atomic E-state index is -0.447. The number of nitro benzene ring substituents is 1. The van der Waals surface area contributed by atoms with E-state index < -0.39 is 4.92 Å². The first kappa shape index (κ1) is 18.4. The Kier molecular flexibility index (Phi) is 5.03. The molecule has 3 aromatic carbocycles. The van der Waals surface area contributed by atoms with Crippen molar-refractivity contribution in [1.29, 1.82) is 0 Å². The normalized spacial score (nSPS) is 11.2. The van der Waals surface area contributed by atoms with E-state index in [1.807, 2.05) is 41.1 Å². The third-order valence-electron chi connectivity index (χ3n) is 4.59. The summed E-state index contributed by atoms with van der Waals surface area (Å²) in [5, 5.41) is 16.0. The molecule has 0 bridgehead atoms. The highest BCUT2D eigenvalue weighted by atomic mass is 19.1. The molecule has 0 spiro atoms. The molecular formula is C22H17FN4O2. The van der Waals surface area contributed by atoms with Crippen molar-refractivity contribution in [3.05, 3.63) is 106 Å². The Balaban J connectivity index is 1.58. The Hall–Kier alpha value is -4.00. The molecule has 0 aliphatic heterocycles. The third-order valence-corrected chi connectivity index (χ3v) is 4.59. The number of para-hydroxylation sites is 1. The average Bonchev–Trinajstić information content (AvgIpc) is 3.08. The lowest BCUT2D eigenvalue weighted by Gasteiger charge is -2.06. The standard InChI is InChI=1S/C22H17FN4O2/c23-21-7-3-1-5-16(21)14-26-15-17(20-6-2-4-8-22(20)26)13-24-25-18-9-11-19(12-10-18)27(28)29/h1-13,15,25H,14H2/b24-13-. The van der Waals surface area contributed by atoms with Crippen LogP contribution in [0.1, 0.15) is 11.1 Å².